The van der Waals surface area contributed by atoms with Gasteiger partial charge in [0.25, 0.3) is 0 Å². The normalized spacial score (nSPS) is 15.9. The van der Waals surface area contributed by atoms with E-state index in [0.717, 1.165) is 43.1 Å². The van der Waals surface area contributed by atoms with E-state index in [2.05, 4.69) is 5.32 Å². The summed E-state index contributed by atoms with van der Waals surface area (Å²) in [5.41, 5.74) is 0. The number of hydrogen-bond acceptors (Lipinski definition) is 3. The molecule has 0 aromatic heterocycles. The van der Waals surface area contributed by atoms with Gasteiger partial charge in [0.1, 0.15) is 6.61 Å². The van der Waals surface area contributed by atoms with E-state index in [4.69, 9.17) is 21.4 Å². The minimum Gasteiger partial charge on any atom is -0.497 e. The Bertz CT molecular complexity index is 239. The van der Waals surface area contributed by atoms with Gasteiger partial charge < -0.3 is 15.2 Å². The maximum Gasteiger partial charge on any atom is 0.100 e. The van der Waals surface area contributed by atoms with Crippen molar-refractivity contribution < 1.29 is 9.84 Å². The van der Waals surface area contributed by atoms with E-state index in [0.29, 0.717) is 6.61 Å². The topological polar surface area (TPSA) is 41.5 Å². The summed E-state index contributed by atoms with van der Waals surface area (Å²) >= 11 is 5.83. The number of hydrogen-bond donors (Lipinski definition) is 2. The first-order valence-corrected chi connectivity index (χ1v) is 5.70. The highest BCUT2D eigenvalue weighted by atomic mass is 35.5. The van der Waals surface area contributed by atoms with Crippen molar-refractivity contribution in [3.63, 3.8) is 0 Å². The van der Waals surface area contributed by atoms with Crippen LogP contribution in [0, 0.1) is 0 Å². The van der Waals surface area contributed by atoms with Crippen molar-refractivity contribution in [1.82, 2.24) is 5.32 Å². The second kappa shape index (κ2) is 7.74. The van der Waals surface area contributed by atoms with Crippen LogP contribution in [0.15, 0.2) is 22.9 Å². The van der Waals surface area contributed by atoms with Crippen LogP contribution in [-0.2, 0) is 4.74 Å². The van der Waals surface area contributed by atoms with Crippen LogP contribution in [0.3, 0.4) is 0 Å². The van der Waals surface area contributed by atoms with E-state index < -0.39 is 0 Å². The molecule has 0 radical (unpaired) electrons. The smallest absolute Gasteiger partial charge is 0.100 e. The number of halogens is 1. The third kappa shape index (κ3) is 5.82. The highest BCUT2D eigenvalue weighted by molar-refractivity contribution is 6.29. The molecule has 0 saturated heterocycles. The Morgan fingerprint density at radius 3 is 2.87 bits per heavy atom. The lowest BCUT2D eigenvalue weighted by molar-refractivity contribution is 0.200. The highest BCUT2D eigenvalue weighted by Gasteiger charge is 2.04. The Labute approximate surface area is 95.8 Å². The van der Waals surface area contributed by atoms with Gasteiger partial charge in [-0.15, -0.1) is 0 Å². The molecular formula is C11H18ClNO2. The fourth-order valence-corrected chi connectivity index (χ4v) is 1.45. The van der Waals surface area contributed by atoms with Gasteiger partial charge in [0.05, 0.1) is 5.76 Å². The van der Waals surface area contributed by atoms with E-state index in [1.165, 1.54) is 0 Å². The average molecular weight is 232 g/mol. The second-order valence-corrected chi connectivity index (χ2v) is 3.91. The molecule has 0 aromatic rings. The Hall–Kier alpha value is -0.510. The first-order chi connectivity index (χ1) is 7.33. The molecule has 0 atom stereocenters. The van der Waals surface area contributed by atoms with Crippen LogP contribution in [0.25, 0.3) is 0 Å². The molecule has 15 heavy (non-hydrogen) atoms. The molecule has 0 saturated carbocycles. The van der Waals surface area contributed by atoms with Crippen LogP contribution in [0.2, 0.25) is 0 Å². The molecule has 1 aliphatic rings. The van der Waals surface area contributed by atoms with Crippen molar-refractivity contribution >= 4 is 11.6 Å². The van der Waals surface area contributed by atoms with E-state index in [9.17, 15) is 0 Å². The van der Waals surface area contributed by atoms with Crippen LogP contribution in [0.5, 0.6) is 0 Å². The zero-order chi connectivity index (χ0) is 10.9. The van der Waals surface area contributed by atoms with Gasteiger partial charge in [-0.25, -0.2) is 0 Å². The largest absolute Gasteiger partial charge is 0.497 e. The summed E-state index contributed by atoms with van der Waals surface area (Å²) in [5, 5.41) is 12.6. The van der Waals surface area contributed by atoms with Crippen LogP contribution < -0.4 is 5.32 Å². The van der Waals surface area contributed by atoms with Crippen molar-refractivity contribution in [2.75, 3.05) is 26.3 Å². The Morgan fingerprint density at radius 1 is 1.33 bits per heavy atom. The number of rotatable bonds is 7. The molecule has 0 aromatic carbocycles. The lowest BCUT2D eigenvalue weighted by Gasteiger charge is -2.13. The molecular weight excluding hydrogens is 214 g/mol. The zero-order valence-corrected chi connectivity index (χ0v) is 9.59. The molecule has 4 heteroatoms. The molecule has 3 nitrogen and oxygen atoms in total. The Balaban J connectivity index is 2.01. The van der Waals surface area contributed by atoms with Gasteiger partial charge in [0, 0.05) is 24.6 Å². The van der Waals surface area contributed by atoms with Crippen molar-refractivity contribution in [1.29, 1.82) is 0 Å². The lowest BCUT2D eigenvalue weighted by Crippen LogP contribution is -2.21. The Morgan fingerprint density at radius 2 is 2.20 bits per heavy atom. The first-order valence-electron chi connectivity index (χ1n) is 5.32. The van der Waals surface area contributed by atoms with Crippen LogP contribution in [-0.4, -0.2) is 31.4 Å². The molecule has 0 amide bonds. The average Bonchev–Trinajstić information content (AvgIpc) is 2.26. The quantitative estimate of drug-likeness (QED) is 0.657. The molecule has 1 rings (SSSR count). The molecule has 0 bridgehead atoms. The third-order valence-electron chi connectivity index (χ3n) is 2.14. The van der Waals surface area contributed by atoms with E-state index in [-0.39, 0.29) is 6.61 Å². The summed E-state index contributed by atoms with van der Waals surface area (Å²) in [4.78, 5) is 0. The number of ether oxygens (including phenoxy) is 1. The predicted molar refractivity (Wildman–Crippen MR) is 61.8 cm³/mol. The molecule has 86 valence electrons. The van der Waals surface area contributed by atoms with Gasteiger partial charge in [0.2, 0.25) is 0 Å². The fourth-order valence-electron chi connectivity index (χ4n) is 1.30. The van der Waals surface area contributed by atoms with Crippen molar-refractivity contribution in [2.45, 2.75) is 19.3 Å². The molecule has 2 N–H and O–H groups in total. The van der Waals surface area contributed by atoms with Crippen molar-refractivity contribution in [3.8, 4) is 0 Å². The number of aliphatic hydroxyl groups excluding tert-OH is 1. The first kappa shape index (κ1) is 12.6. The summed E-state index contributed by atoms with van der Waals surface area (Å²) in [6, 6.07) is 0. The maximum atomic E-state index is 8.55. The number of aliphatic hydroxyl groups is 1. The predicted octanol–water partition coefficient (Wildman–Crippen LogP) is 1.78. The summed E-state index contributed by atoms with van der Waals surface area (Å²) in [5.74, 6) is 1.00. The van der Waals surface area contributed by atoms with Gasteiger partial charge in [-0.3, -0.25) is 0 Å². The summed E-state index contributed by atoms with van der Waals surface area (Å²) in [6.45, 7) is 2.56. The molecule has 0 spiro atoms. The molecule has 0 heterocycles. The minimum absolute atomic E-state index is 0.238. The fraction of sp³-hybridized carbons (Fsp3) is 0.636. The van der Waals surface area contributed by atoms with Gasteiger partial charge in [0.15, 0.2) is 0 Å². The SMILES string of the molecule is OCCCNCCOC1=CC=C(Cl)CC1. The standard InChI is InChI=1S/C11H18ClNO2/c12-10-2-4-11(5-3-10)15-9-7-13-6-1-8-14/h2,4,13-14H,1,3,5-9H2. The molecule has 0 fully saturated rings. The van der Waals surface area contributed by atoms with Crippen molar-refractivity contribution in [3.05, 3.63) is 22.9 Å². The summed E-state index contributed by atoms with van der Waals surface area (Å²) in [6.07, 6.45) is 6.39. The van der Waals surface area contributed by atoms with Crippen LogP contribution >= 0.6 is 11.6 Å². The Kier molecular flexibility index (Phi) is 6.48. The third-order valence-corrected chi connectivity index (χ3v) is 2.45. The lowest BCUT2D eigenvalue weighted by atomic mass is 10.1. The van der Waals surface area contributed by atoms with E-state index in [1.54, 1.807) is 0 Å². The van der Waals surface area contributed by atoms with Crippen LogP contribution in [0.4, 0.5) is 0 Å². The zero-order valence-electron chi connectivity index (χ0n) is 8.84. The van der Waals surface area contributed by atoms with Crippen LogP contribution in [0.1, 0.15) is 19.3 Å². The van der Waals surface area contributed by atoms with Gasteiger partial charge >= 0.3 is 0 Å². The van der Waals surface area contributed by atoms with E-state index in [1.807, 2.05) is 12.2 Å². The number of allylic oxidation sites excluding steroid dienone is 4. The van der Waals surface area contributed by atoms with Gasteiger partial charge in [-0.1, -0.05) is 11.6 Å². The maximum absolute atomic E-state index is 8.55. The second-order valence-electron chi connectivity index (χ2n) is 3.42. The molecule has 1 aliphatic carbocycles. The highest BCUT2D eigenvalue weighted by Crippen LogP contribution is 2.21. The summed E-state index contributed by atoms with van der Waals surface area (Å²) in [7, 11) is 0. The molecule has 0 unspecified atom stereocenters. The molecule has 0 aliphatic heterocycles. The monoisotopic (exact) mass is 231 g/mol. The minimum atomic E-state index is 0.238. The van der Waals surface area contributed by atoms with Gasteiger partial charge in [-0.2, -0.15) is 0 Å². The number of nitrogens with one attached hydrogen (secondary N) is 1. The summed E-state index contributed by atoms with van der Waals surface area (Å²) < 4.78 is 5.54. The van der Waals surface area contributed by atoms with Gasteiger partial charge in [-0.05, 0) is 31.5 Å². The van der Waals surface area contributed by atoms with Crippen molar-refractivity contribution in [2.24, 2.45) is 0 Å². The van der Waals surface area contributed by atoms with E-state index >= 15 is 0 Å².